The molecule has 0 saturated carbocycles. The summed E-state index contributed by atoms with van der Waals surface area (Å²) in [4.78, 5) is 6.30. The van der Waals surface area contributed by atoms with E-state index in [1.165, 1.54) is 5.56 Å². The molecule has 2 heterocycles. The summed E-state index contributed by atoms with van der Waals surface area (Å²) in [6.45, 7) is 0.901. The molecule has 6 nitrogen and oxygen atoms in total. The minimum absolute atomic E-state index is 0.363. The summed E-state index contributed by atoms with van der Waals surface area (Å²) in [6.07, 6.45) is 3.59. The largest absolute Gasteiger partial charge is 0.403 e. The number of benzene rings is 2. The first-order chi connectivity index (χ1) is 13.7. The lowest BCUT2D eigenvalue weighted by Gasteiger charge is -2.10. The molecule has 0 aliphatic heterocycles. The Kier molecular flexibility index (Phi) is 5.12. The molecule has 0 saturated heterocycles. The molecular weight excluding hydrogens is 350 g/mol. The SMILES string of the molecule is CN(C)Cc1ccc(Nc2nnc(-c3cccc(-c4cccnc4)c3)o2)cc1. The molecule has 0 aliphatic rings. The van der Waals surface area contributed by atoms with Crippen LogP contribution < -0.4 is 5.32 Å². The molecule has 1 N–H and O–H groups in total. The average molecular weight is 371 g/mol. The first kappa shape index (κ1) is 17.9. The van der Waals surface area contributed by atoms with Crippen molar-refractivity contribution in [3.63, 3.8) is 0 Å². The van der Waals surface area contributed by atoms with Crippen LogP contribution in [0.3, 0.4) is 0 Å². The van der Waals surface area contributed by atoms with Gasteiger partial charge in [-0.05, 0) is 55.6 Å². The molecule has 0 spiro atoms. The molecule has 4 rings (SSSR count). The predicted molar refractivity (Wildman–Crippen MR) is 110 cm³/mol. The Hall–Kier alpha value is -3.51. The lowest BCUT2D eigenvalue weighted by atomic mass is 10.1. The van der Waals surface area contributed by atoms with Crippen molar-refractivity contribution >= 4 is 11.7 Å². The third kappa shape index (κ3) is 4.24. The van der Waals surface area contributed by atoms with Gasteiger partial charge in [0.2, 0.25) is 5.89 Å². The van der Waals surface area contributed by atoms with Gasteiger partial charge in [-0.3, -0.25) is 4.98 Å². The van der Waals surface area contributed by atoms with E-state index in [0.29, 0.717) is 11.9 Å². The highest BCUT2D eigenvalue weighted by atomic mass is 16.4. The first-order valence-electron chi connectivity index (χ1n) is 9.02. The average Bonchev–Trinajstić information content (AvgIpc) is 3.18. The highest BCUT2D eigenvalue weighted by Gasteiger charge is 2.10. The van der Waals surface area contributed by atoms with Crippen LogP contribution in [-0.2, 0) is 6.54 Å². The van der Waals surface area contributed by atoms with E-state index in [-0.39, 0.29) is 0 Å². The Morgan fingerprint density at radius 3 is 2.43 bits per heavy atom. The van der Waals surface area contributed by atoms with E-state index in [2.05, 4.69) is 51.6 Å². The number of anilines is 2. The first-order valence-corrected chi connectivity index (χ1v) is 9.02. The zero-order valence-electron chi connectivity index (χ0n) is 15.8. The summed E-state index contributed by atoms with van der Waals surface area (Å²) in [5.74, 6) is 0.470. The third-order valence-corrected chi connectivity index (χ3v) is 4.23. The fourth-order valence-corrected chi connectivity index (χ4v) is 2.94. The minimum Gasteiger partial charge on any atom is -0.403 e. The van der Waals surface area contributed by atoms with Crippen LogP contribution in [0.2, 0.25) is 0 Å². The summed E-state index contributed by atoms with van der Waals surface area (Å²) in [7, 11) is 4.10. The number of aromatic nitrogens is 3. The maximum absolute atomic E-state index is 5.80. The second kappa shape index (κ2) is 8.02. The lowest BCUT2D eigenvalue weighted by molar-refractivity contribution is 0.402. The molecule has 2 aromatic carbocycles. The van der Waals surface area contributed by atoms with E-state index in [1.54, 1.807) is 6.20 Å². The molecule has 0 fully saturated rings. The second-order valence-corrected chi connectivity index (χ2v) is 6.79. The van der Waals surface area contributed by atoms with E-state index in [0.717, 1.165) is 28.9 Å². The van der Waals surface area contributed by atoms with Gasteiger partial charge < -0.3 is 14.6 Å². The van der Waals surface area contributed by atoms with Crippen LogP contribution in [0.1, 0.15) is 5.56 Å². The third-order valence-electron chi connectivity index (χ3n) is 4.23. The number of hydrogen-bond acceptors (Lipinski definition) is 6. The van der Waals surface area contributed by atoms with Crippen molar-refractivity contribution in [2.24, 2.45) is 0 Å². The molecule has 0 unspecified atom stereocenters. The zero-order valence-corrected chi connectivity index (χ0v) is 15.8. The Bertz CT molecular complexity index is 1040. The van der Waals surface area contributed by atoms with Gasteiger partial charge in [-0.25, -0.2) is 0 Å². The monoisotopic (exact) mass is 371 g/mol. The fourth-order valence-electron chi connectivity index (χ4n) is 2.94. The Morgan fingerprint density at radius 2 is 1.68 bits per heavy atom. The summed E-state index contributed by atoms with van der Waals surface area (Å²) < 4.78 is 5.80. The highest BCUT2D eigenvalue weighted by Crippen LogP contribution is 2.27. The van der Waals surface area contributed by atoms with Gasteiger partial charge in [-0.2, -0.15) is 0 Å². The quantitative estimate of drug-likeness (QED) is 0.534. The van der Waals surface area contributed by atoms with Gasteiger partial charge in [0.25, 0.3) is 0 Å². The number of pyridine rings is 1. The van der Waals surface area contributed by atoms with E-state index in [4.69, 9.17) is 4.42 Å². The van der Waals surface area contributed by atoms with Crippen molar-refractivity contribution < 1.29 is 4.42 Å². The van der Waals surface area contributed by atoms with Crippen LogP contribution in [0, 0.1) is 0 Å². The highest BCUT2D eigenvalue weighted by molar-refractivity contribution is 5.69. The molecule has 0 atom stereocenters. The summed E-state index contributed by atoms with van der Waals surface area (Å²) in [5, 5.41) is 11.4. The fraction of sp³-hybridized carbons (Fsp3) is 0.136. The van der Waals surface area contributed by atoms with Crippen molar-refractivity contribution in [1.29, 1.82) is 0 Å². The van der Waals surface area contributed by atoms with Crippen LogP contribution in [0.25, 0.3) is 22.6 Å². The number of rotatable bonds is 6. The van der Waals surface area contributed by atoms with E-state index >= 15 is 0 Å². The molecule has 2 aromatic heterocycles. The molecular formula is C22H21N5O. The summed E-state index contributed by atoms with van der Waals surface area (Å²) in [6, 6.07) is 20.4. The van der Waals surface area contributed by atoms with Crippen molar-refractivity contribution in [3.8, 4) is 22.6 Å². The van der Waals surface area contributed by atoms with Crippen molar-refractivity contribution in [2.75, 3.05) is 19.4 Å². The van der Waals surface area contributed by atoms with Gasteiger partial charge in [0.15, 0.2) is 0 Å². The van der Waals surface area contributed by atoms with Crippen LogP contribution in [0.4, 0.5) is 11.7 Å². The Labute approximate surface area is 163 Å². The smallest absolute Gasteiger partial charge is 0.320 e. The Morgan fingerprint density at radius 1 is 0.893 bits per heavy atom. The minimum atomic E-state index is 0.363. The van der Waals surface area contributed by atoms with Crippen molar-refractivity contribution in [2.45, 2.75) is 6.54 Å². The van der Waals surface area contributed by atoms with E-state index < -0.39 is 0 Å². The van der Waals surface area contributed by atoms with Crippen LogP contribution in [0.15, 0.2) is 77.5 Å². The molecule has 4 aromatic rings. The normalized spacial score (nSPS) is 11.0. The predicted octanol–water partition coefficient (Wildman–Crippen LogP) is 4.60. The molecule has 28 heavy (non-hydrogen) atoms. The maximum atomic E-state index is 5.80. The molecule has 0 amide bonds. The molecule has 0 aliphatic carbocycles. The van der Waals surface area contributed by atoms with Gasteiger partial charge in [0, 0.05) is 35.8 Å². The summed E-state index contributed by atoms with van der Waals surface area (Å²) in [5.41, 5.74) is 5.11. The second-order valence-electron chi connectivity index (χ2n) is 6.79. The maximum Gasteiger partial charge on any atom is 0.320 e. The van der Waals surface area contributed by atoms with Gasteiger partial charge in [0.05, 0.1) is 0 Å². The Balaban J connectivity index is 1.50. The summed E-state index contributed by atoms with van der Waals surface area (Å²) >= 11 is 0. The van der Waals surface area contributed by atoms with Crippen LogP contribution in [0.5, 0.6) is 0 Å². The van der Waals surface area contributed by atoms with E-state index in [9.17, 15) is 0 Å². The molecule has 0 radical (unpaired) electrons. The van der Waals surface area contributed by atoms with Gasteiger partial charge >= 0.3 is 6.01 Å². The van der Waals surface area contributed by atoms with Gasteiger partial charge in [-0.1, -0.05) is 35.4 Å². The van der Waals surface area contributed by atoms with Crippen molar-refractivity contribution in [3.05, 3.63) is 78.6 Å². The molecule has 140 valence electrons. The zero-order chi connectivity index (χ0) is 19.3. The van der Waals surface area contributed by atoms with Gasteiger partial charge in [0.1, 0.15) is 0 Å². The standard InChI is InChI=1S/C22H21N5O/c1-27(2)15-16-8-10-20(11-9-16)24-22-26-25-21(28-22)18-6-3-5-17(13-18)19-7-4-12-23-14-19/h3-14H,15H2,1-2H3,(H,24,26). The van der Waals surface area contributed by atoms with Crippen LogP contribution >= 0.6 is 0 Å². The number of nitrogens with one attached hydrogen (secondary N) is 1. The topological polar surface area (TPSA) is 67.1 Å². The van der Waals surface area contributed by atoms with Gasteiger partial charge in [-0.15, -0.1) is 5.10 Å². The number of nitrogens with zero attached hydrogens (tertiary/aromatic N) is 4. The van der Waals surface area contributed by atoms with Crippen molar-refractivity contribution in [1.82, 2.24) is 20.1 Å². The lowest BCUT2D eigenvalue weighted by Crippen LogP contribution is -2.10. The molecule has 0 bridgehead atoms. The number of hydrogen-bond donors (Lipinski definition) is 1. The van der Waals surface area contributed by atoms with Crippen LogP contribution in [-0.4, -0.2) is 34.2 Å². The van der Waals surface area contributed by atoms with E-state index in [1.807, 2.05) is 54.7 Å². The molecule has 6 heteroatoms.